The van der Waals surface area contributed by atoms with Gasteiger partial charge in [0.25, 0.3) is 0 Å². The first kappa shape index (κ1) is 23.2. The van der Waals surface area contributed by atoms with E-state index in [9.17, 15) is 4.79 Å². The summed E-state index contributed by atoms with van der Waals surface area (Å²) >= 11 is 0. The minimum Gasteiger partial charge on any atom is -0.338 e. The van der Waals surface area contributed by atoms with Gasteiger partial charge in [-0.05, 0) is 43.6 Å². The maximum Gasteiger partial charge on any atom is 0.233 e. The fourth-order valence-corrected chi connectivity index (χ4v) is 4.22. The lowest BCUT2D eigenvalue weighted by Crippen LogP contribution is -2.51. The minimum atomic E-state index is -0.453. The molecule has 0 saturated carbocycles. The van der Waals surface area contributed by atoms with E-state index in [1.807, 2.05) is 55.4 Å². The van der Waals surface area contributed by atoms with E-state index in [1.54, 1.807) is 0 Å². The second-order valence-electron chi connectivity index (χ2n) is 7.44. The van der Waals surface area contributed by atoms with Gasteiger partial charge in [-0.1, -0.05) is 42.5 Å². The van der Waals surface area contributed by atoms with Gasteiger partial charge in [-0.25, -0.2) is 4.98 Å². The summed E-state index contributed by atoms with van der Waals surface area (Å²) in [4.78, 5) is 20.2. The van der Waals surface area contributed by atoms with Gasteiger partial charge >= 0.3 is 0 Å². The van der Waals surface area contributed by atoms with Crippen molar-refractivity contribution in [3.8, 4) is 0 Å². The number of nitrogens with zero attached hydrogens (tertiary/aromatic N) is 3. The van der Waals surface area contributed by atoms with Crippen LogP contribution in [0.25, 0.3) is 11.0 Å². The smallest absolute Gasteiger partial charge is 0.233 e. The molecule has 0 unspecified atom stereocenters. The summed E-state index contributed by atoms with van der Waals surface area (Å²) in [6, 6.07) is 18.3. The van der Waals surface area contributed by atoms with Gasteiger partial charge in [-0.15, -0.1) is 24.8 Å². The first-order valence-electron chi connectivity index (χ1n) is 9.54. The molecule has 0 spiro atoms. The van der Waals surface area contributed by atoms with Crippen LogP contribution >= 0.6 is 24.8 Å². The number of benzene rings is 2. The standard InChI is InChI=1S/C22H26N4O.2ClH/c1-25(16-20-24-18-10-6-7-11-19(18)26(20)2)21(27)22(12-14-23-15-13-22)17-8-4-3-5-9-17;;/h3-11,23H,12-16H2,1-2H3;2*1H. The number of halogens is 2. The SMILES string of the molecule is CN(Cc1nc2ccccc2n1C)C(=O)C1(c2ccccc2)CCNCC1.Cl.Cl. The summed E-state index contributed by atoms with van der Waals surface area (Å²) in [5.74, 6) is 1.09. The van der Waals surface area contributed by atoms with Crippen molar-refractivity contribution in [1.82, 2.24) is 19.8 Å². The molecule has 156 valence electrons. The molecule has 0 aliphatic carbocycles. The van der Waals surface area contributed by atoms with Crippen molar-refractivity contribution in [3.63, 3.8) is 0 Å². The van der Waals surface area contributed by atoms with Crippen molar-refractivity contribution < 1.29 is 4.79 Å². The number of imidazole rings is 1. The third-order valence-corrected chi connectivity index (χ3v) is 5.80. The van der Waals surface area contributed by atoms with Crippen LogP contribution in [0.15, 0.2) is 54.6 Å². The molecule has 1 fully saturated rings. The zero-order valence-electron chi connectivity index (χ0n) is 16.8. The lowest BCUT2D eigenvalue weighted by Gasteiger charge is -2.39. The van der Waals surface area contributed by atoms with Crippen molar-refractivity contribution in [3.05, 3.63) is 66.0 Å². The monoisotopic (exact) mass is 434 g/mol. The number of aryl methyl sites for hydroxylation is 1. The summed E-state index contributed by atoms with van der Waals surface area (Å²) in [7, 11) is 3.91. The molecule has 4 rings (SSSR count). The Balaban J connectivity index is 0.00000150. The van der Waals surface area contributed by atoms with E-state index in [0.29, 0.717) is 6.54 Å². The number of fused-ring (bicyclic) bond motifs is 1. The van der Waals surface area contributed by atoms with Crippen molar-refractivity contribution in [2.45, 2.75) is 24.8 Å². The summed E-state index contributed by atoms with van der Waals surface area (Å²) in [6.07, 6.45) is 1.64. The third-order valence-electron chi connectivity index (χ3n) is 5.80. The van der Waals surface area contributed by atoms with Gasteiger partial charge in [0.1, 0.15) is 5.82 Å². The highest BCUT2D eigenvalue weighted by atomic mass is 35.5. The predicted octanol–water partition coefficient (Wildman–Crippen LogP) is 3.70. The van der Waals surface area contributed by atoms with Crippen molar-refractivity contribution in [2.24, 2.45) is 7.05 Å². The number of hydrogen-bond acceptors (Lipinski definition) is 3. The minimum absolute atomic E-state index is 0. The van der Waals surface area contributed by atoms with Crippen molar-refractivity contribution >= 4 is 41.8 Å². The lowest BCUT2D eigenvalue weighted by atomic mass is 9.72. The van der Waals surface area contributed by atoms with Crippen LogP contribution in [-0.4, -0.2) is 40.5 Å². The molecule has 1 amide bonds. The van der Waals surface area contributed by atoms with E-state index in [0.717, 1.165) is 48.4 Å². The molecule has 5 nitrogen and oxygen atoms in total. The van der Waals surface area contributed by atoms with Gasteiger partial charge < -0.3 is 14.8 Å². The molecule has 1 aliphatic heterocycles. The Morgan fingerprint density at radius 2 is 1.69 bits per heavy atom. The van der Waals surface area contributed by atoms with Gasteiger partial charge in [0, 0.05) is 14.1 Å². The Kier molecular flexibility index (Phi) is 7.69. The number of amides is 1. The molecule has 1 aromatic heterocycles. The topological polar surface area (TPSA) is 50.2 Å². The average molecular weight is 435 g/mol. The second kappa shape index (κ2) is 9.61. The Morgan fingerprint density at radius 1 is 1.07 bits per heavy atom. The van der Waals surface area contributed by atoms with Crippen LogP contribution in [0.4, 0.5) is 0 Å². The van der Waals surface area contributed by atoms with E-state index in [-0.39, 0.29) is 30.7 Å². The van der Waals surface area contributed by atoms with Crippen LogP contribution in [0, 0.1) is 0 Å². The number of para-hydroxylation sites is 2. The van der Waals surface area contributed by atoms with Gasteiger partial charge in [0.15, 0.2) is 0 Å². The Morgan fingerprint density at radius 3 is 2.34 bits per heavy atom. The maximum absolute atomic E-state index is 13.6. The lowest BCUT2D eigenvalue weighted by molar-refractivity contribution is -0.138. The number of carbonyl (C=O) groups excluding carboxylic acids is 1. The Hall–Kier alpha value is -2.08. The Bertz CT molecular complexity index is 952. The summed E-state index contributed by atoms with van der Waals surface area (Å²) in [5, 5.41) is 3.39. The van der Waals surface area contributed by atoms with Crippen LogP contribution in [0.3, 0.4) is 0 Å². The molecule has 3 aromatic rings. The molecule has 29 heavy (non-hydrogen) atoms. The number of carbonyl (C=O) groups is 1. The molecule has 1 N–H and O–H groups in total. The summed E-state index contributed by atoms with van der Waals surface area (Å²) < 4.78 is 2.08. The largest absolute Gasteiger partial charge is 0.338 e. The van der Waals surface area contributed by atoms with Crippen LogP contribution < -0.4 is 5.32 Å². The van der Waals surface area contributed by atoms with Crippen LogP contribution in [0.2, 0.25) is 0 Å². The van der Waals surface area contributed by atoms with E-state index >= 15 is 0 Å². The number of rotatable bonds is 4. The highest BCUT2D eigenvalue weighted by molar-refractivity contribution is 5.88. The quantitative estimate of drug-likeness (QED) is 0.680. The van der Waals surface area contributed by atoms with Gasteiger partial charge in [-0.3, -0.25) is 4.79 Å². The molecular weight excluding hydrogens is 407 g/mol. The molecule has 1 saturated heterocycles. The molecule has 2 aromatic carbocycles. The molecule has 0 bridgehead atoms. The summed E-state index contributed by atoms with van der Waals surface area (Å²) in [5.41, 5.74) is 2.73. The van der Waals surface area contributed by atoms with Crippen molar-refractivity contribution in [1.29, 1.82) is 0 Å². The average Bonchev–Trinajstić information content (AvgIpc) is 3.04. The number of hydrogen-bond donors (Lipinski definition) is 1. The second-order valence-corrected chi connectivity index (χ2v) is 7.44. The fraction of sp³-hybridized carbons (Fsp3) is 0.364. The van der Waals surface area contributed by atoms with Crippen LogP contribution in [0.5, 0.6) is 0 Å². The van der Waals surface area contributed by atoms with Gasteiger partial charge in [0.2, 0.25) is 5.91 Å². The van der Waals surface area contributed by atoms with Gasteiger partial charge in [0.05, 0.1) is 23.0 Å². The highest BCUT2D eigenvalue weighted by Gasteiger charge is 2.42. The molecule has 2 heterocycles. The van der Waals surface area contributed by atoms with Crippen LogP contribution in [-0.2, 0) is 23.8 Å². The van der Waals surface area contributed by atoms with E-state index in [2.05, 4.69) is 28.1 Å². The number of nitrogens with one attached hydrogen (secondary N) is 1. The molecule has 1 aliphatic rings. The van der Waals surface area contributed by atoms with E-state index in [1.165, 1.54) is 0 Å². The van der Waals surface area contributed by atoms with Gasteiger partial charge in [-0.2, -0.15) is 0 Å². The normalized spacial score (nSPS) is 15.2. The third kappa shape index (κ3) is 4.27. The zero-order valence-corrected chi connectivity index (χ0v) is 18.4. The first-order valence-corrected chi connectivity index (χ1v) is 9.54. The van der Waals surface area contributed by atoms with E-state index < -0.39 is 5.41 Å². The Labute approximate surface area is 184 Å². The number of piperidine rings is 1. The molecule has 0 radical (unpaired) electrons. The number of aromatic nitrogens is 2. The molecule has 7 heteroatoms. The predicted molar refractivity (Wildman–Crippen MR) is 122 cm³/mol. The van der Waals surface area contributed by atoms with Crippen molar-refractivity contribution in [2.75, 3.05) is 20.1 Å². The van der Waals surface area contributed by atoms with E-state index in [4.69, 9.17) is 4.98 Å². The highest BCUT2D eigenvalue weighted by Crippen LogP contribution is 2.35. The fourth-order valence-electron chi connectivity index (χ4n) is 4.22. The zero-order chi connectivity index (χ0) is 18.9. The summed E-state index contributed by atoms with van der Waals surface area (Å²) in [6.45, 7) is 2.23. The maximum atomic E-state index is 13.6. The molecule has 0 atom stereocenters. The van der Waals surface area contributed by atoms with Crippen LogP contribution in [0.1, 0.15) is 24.2 Å². The number of likely N-dealkylation sites (N-methyl/N-ethyl adjacent to an activating group) is 1. The first-order chi connectivity index (χ1) is 13.1. The molecular formula is C22H28Cl2N4O.